The van der Waals surface area contributed by atoms with Crippen molar-refractivity contribution < 1.29 is 18.4 Å². The summed E-state index contributed by atoms with van der Waals surface area (Å²) in [5.41, 5.74) is 2.65. The van der Waals surface area contributed by atoms with E-state index in [0.29, 0.717) is 31.0 Å². The molecule has 4 rings (SSSR count). The van der Waals surface area contributed by atoms with Gasteiger partial charge in [0.25, 0.3) is 5.91 Å². The van der Waals surface area contributed by atoms with Gasteiger partial charge in [-0.3, -0.25) is 9.69 Å². The highest BCUT2D eigenvalue weighted by molar-refractivity contribution is 6.07. The molecule has 1 N–H and O–H groups in total. The summed E-state index contributed by atoms with van der Waals surface area (Å²) in [5, 5.41) is 2.76. The Morgan fingerprint density at radius 1 is 1.00 bits per heavy atom. The Kier molecular flexibility index (Phi) is 6.16. The van der Waals surface area contributed by atoms with Crippen LogP contribution in [-0.4, -0.2) is 29.9 Å². The molecule has 32 heavy (non-hydrogen) atoms. The van der Waals surface area contributed by atoms with Gasteiger partial charge in [-0.05, 0) is 60.9 Å². The number of hydrogen-bond donors (Lipinski definition) is 1. The van der Waals surface area contributed by atoms with Crippen LogP contribution in [0.25, 0.3) is 0 Å². The predicted molar refractivity (Wildman–Crippen MR) is 120 cm³/mol. The maximum atomic E-state index is 14.1. The molecule has 0 saturated carbocycles. The molecule has 1 aliphatic rings. The Balaban J connectivity index is 1.58. The molecule has 0 bridgehead atoms. The smallest absolute Gasteiger partial charge is 0.320 e. The van der Waals surface area contributed by atoms with Crippen LogP contribution in [0, 0.1) is 18.6 Å². The van der Waals surface area contributed by atoms with Crippen molar-refractivity contribution in [2.24, 2.45) is 0 Å². The van der Waals surface area contributed by atoms with Crippen LogP contribution in [-0.2, 0) is 6.54 Å². The molecule has 164 valence electrons. The maximum absolute atomic E-state index is 14.1. The summed E-state index contributed by atoms with van der Waals surface area (Å²) in [7, 11) is 0. The van der Waals surface area contributed by atoms with Gasteiger partial charge in [-0.1, -0.05) is 30.3 Å². The van der Waals surface area contributed by atoms with Crippen molar-refractivity contribution in [3.8, 4) is 0 Å². The molecule has 0 unspecified atom stereocenters. The van der Waals surface area contributed by atoms with E-state index in [0.717, 1.165) is 17.5 Å². The van der Waals surface area contributed by atoms with E-state index < -0.39 is 11.7 Å². The first-order chi connectivity index (χ1) is 15.4. The highest BCUT2D eigenvalue weighted by Gasteiger charge is 2.29. The summed E-state index contributed by atoms with van der Waals surface area (Å²) < 4.78 is 27.3. The molecule has 3 aromatic rings. The van der Waals surface area contributed by atoms with E-state index in [4.69, 9.17) is 0 Å². The Morgan fingerprint density at radius 2 is 1.75 bits per heavy atom. The number of halogens is 2. The van der Waals surface area contributed by atoms with Crippen LogP contribution in [0.2, 0.25) is 0 Å². The van der Waals surface area contributed by atoms with Crippen molar-refractivity contribution in [1.82, 2.24) is 4.90 Å². The highest BCUT2D eigenvalue weighted by atomic mass is 19.1. The molecule has 3 aromatic carbocycles. The van der Waals surface area contributed by atoms with Gasteiger partial charge in [0.15, 0.2) is 0 Å². The second-order valence-corrected chi connectivity index (χ2v) is 7.79. The molecular weight excluding hydrogens is 412 g/mol. The van der Waals surface area contributed by atoms with Crippen LogP contribution in [0.5, 0.6) is 0 Å². The van der Waals surface area contributed by atoms with Crippen LogP contribution in [0.4, 0.5) is 25.0 Å². The average molecular weight is 435 g/mol. The molecule has 0 aliphatic carbocycles. The molecule has 3 amide bonds. The molecule has 1 aliphatic heterocycles. The number of rotatable bonds is 5. The third-order valence-corrected chi connectivity index (χ3v) is 5.41. The Morgan fingerprint density at radius 3 is 2.50 bits per heavy atom. The van der Waals surface area contributed by atoms with E-state index in [1.807, 2.05) is 13.0 Å². The summed E-state index contributed by atoms with van der Waals surface area (Å²) in [6, 6.07) is 17.0. The van der Waals surface area contributed by atoms with Gasteiger partial charge in [-0.2, -0.15) is 0 Å². The number of carbonyl (C=O) groups is 2. The molecule has 0 aromatic heterocycles. The Hall–Kier alpha value is -3.74. The van der Waals surface area contributed by atoms with Gasteiger partial charge in [0.1, 0.15) is 11.6 Å². The first-order valence-corrected chi connectivity index (χ1v) is 10.4. The second kappa shape index (κ2) is 9.18. The number of urea groups is 1. The minimum atomic E-state index is -0.612. The third kappa shape index (κ3) is 4.61. The van der Waals surface area contributed by atoms with Crippen molar-refractivity contribution in [2.45, 2.75) is 19.9 Å². The summed E-state index contributed by atoms with van der Waals surface area (Å²) in [4.78, 5) is 29.3. The van der Waals surface area contributed by atoms with Gasteiger partial charge in [-0.15, -0.1) is 0 Å². The molecule has 5 nitrogen and oxygen atoms in total. The number of benzene rings is 3. The molecule has 1 saturated heterocycles. The van der Waals surface area contributed by atoms with E-state index in [1.165, 1.54) is 30.3 Å². The number of nitrogens with one attached hydrogen (secondary N) is 1. The van der Waals surface area contributed by atoms with Gasteiger partial charge in [-0.25, -0.2) is 13.6 Å². The lowest BCUT2D eigenvalue weighted by Crippen LogP contribution is -2.49. The molecule has 7 heteroatoms. The third-order valence-electron chi connectivity index (χ3n) is 5.41. The molecular formula is C25H23F2N3O2. The topological polar surface area (TPSA) is 52.6 Å². The van der Waals surface area contributed by atoms with Crippen molar-refractivity contribution in [1.29, 1.82) is 0 Å². The first-order valence-electron chi connectivity index (χ1n) is 10.4. The molecule has 0 radical (unpaired) electrons. The number of hydrogen-bond acceptors (Lipinski definition) is 2. The minimum absolute atomic E-state index is 0.0668. The molecule has 0 spiro atoms. The highest BCUT2D eigenvalue weighted by Crippen LogP contribution is 2.31. The number of anilines is 2. The lowest BCUT2D eigenvalue weighted by Gasteiger charge is -2.36. The monoisotopic (exact) mass is 435 g/mol. The Labute approximate surface area is 185 Å². The van der Waals surface area contributed by atoms with Gasteiger partial charge in [0, 0.05) is 19.6 Å². The fourth-order valence-electron chi connectivity index (χ4n) is 3.78. The fraction of sp³-hybridized carbons (Fsp3) is 0.200. The number of carbonyl (C=O) groups excluding carboxylic acids is 2. The van der Waals surface area contributed by atoms with Crippen LogP contribution in [0.3, 0.4) is 0 Å². The SMILES string of the molecule is Cc1ccc(N2CCCN(Cc3ccc(F)cc3)C2=O)c(NC(=O)c2ccccc2F)c1. The molecule has 1 fully saturated rings. The van der Waals surface area contributed by atoms with Crippen molar-refractivity contribution in [3.05, 3.63) is 95.1 Å². The van der Waals surface area contributed by atoms with Gasteiger partial charge >= 0.3 is 6.03 Å². The standard InChI is InChI=1S/C25H23F2N3O2/c1-17-7-12-23(22(15-17)28-24(31)20-5-2-3-6-21(20)27)30-14-4-13-29(25(30)32)16-18-8-10-19(26)11-9-18/h2-3,5-12,15H,4,13-14,16H2,1H3,(H,28,31). The van der Waals surface area contributed by atoms with Crippen LogP contribution in [0.15, 0.2) is 66.7 Å². The zero-order chi connectivity index (χ0) is 22.7. The van der Waals surface area contributed by atoms with Crippen LogP contribution in [0.1, 0.15) is 27.9 Å². The van der Waals surface area contributed by atoms with Crippen molar-refractivity contribution in [2.75, 3.05) is 23.3 Å². The fourth-order valence-corrected chi connectivity index (χ4v) is 3.78. The van der Waals surface area contributed by atoms with Crippen LogP contribution >= 0.6 is 0 Å². The van der Waals surface area contributed by atoms with E-state index in [-0.39, 0.29) is 17.4 Å². The lowest BCUT2D eigenvalue weighted by molar-refractivity contribution is 0.102. The van der Waals surface area contributed by atoms with Gasteiger partial charge in [0.05, 0.1) is 16.9 Å². The Bertz CT molecular complexity index is 1150. The van der Waals surface area contributed by atoms with E-state index >= 15 is 0 Å². The number of nitrogens with zero attached hydrogens (tertiary/aromatic N) is 2. The zero-order valence-corrected chi connectivity index (χ0v) is 17.6. The van der Waals surface area contributed by atoms with E-state index in [1.54, 1.807) is 40.1 Å². The average Bonchev–Trinajstić information content (AvgIpc) is 2.77. The van der Waals surface area contributed by atoms with Crippen molar-refractivity contribution in [3.63, 3.8) is 0 Å². The maximum Gasteiger partial charge on any atom is 0.324 e. The first kappa shape index (κ1) is 21.5. The normalized spacial score (nSPS) is 13.9. The quantitative estimate of drug-likeness (QED) is 0.587. The summed E-state index contributed by atoms with van der Waals surface area (Å²) >= 11 is 0. The summed E-state index contributed by atoms with van der Waals surface area (Å²) in [6.07, 6.45) is 0.738. The van der Waals surface area contributed by atoms with Gasteiger partial charge < -0.3 is 10.2 Å². The minimum Gasteiger partial charge on any atom is -0.320 e. The van der Waals surface area contributed by atoms with E-state index in [9.17, 15) is 18.4 Å². The molecule has 1 heterocycles. The number of amides is 3. The molecule has 0 atom stereocenters. The van der Waals surface area contributed by atoms with Crippen LogP contribution < -0.4 is 10.2 Å². The number of aryl methyl sites for hydroxylation is 1. The second-order valence-electron chi connectivity index (χ2n) is 7.79. The van der Waals surface area contributed by atoms with Gasteiger partial charge in [0.2, 0.25) is 0 Å². The predicted octanol–water partition coefficient (Wildman–Crippen LogP) is 5.36. The zero-order valence-electron chi connectivity index (χ0n) is 17.6. The van der Waals surface area contributed by atoms with Crippen molar-refractivity contribution >= 4 is 23.3 Å². The lowest BCUT2D eigenvalue weighted by atomic mass is 10.1. The largest absolute Gasteiger partial charge is 0.324 e. The van der Waals surface area contributed by atoms with E-state index in [2.05, 4.69) is 5.32 Å². The summed E-state index contributed by atoms with van der Waals surface area (Å²) in [6.45, 7) is 3.31. The summed E-state index contributed by atoms with van der Waals surface area (Å²) in [5.74, 6) is -1.52.